The Balaban J connectivity index is 1.74. The lowest BCUT2D eigenvalue weighted by Crippen LogP contribution is -2.32. The van der Waals surface area contributed by atoms with Gasteiger partial charge in [0, 0.05) is 50.5 Å². The summed E-state index contributed by atoms with van der Waals surface area (Å²) in [5.74, 6) is 0.901. The number of benzene rings is 1. The number of hydrogen-bond donors (Lipinski definition) is 1. The molecule has 1 amide bonds. The molecular weight excluding hydrogens is 334 g/mol. The smallest absolute Gasteiger partial charge is 0.290 e. The Bertz CT molecular complexity index is 903. The van der Waals surface area contributed by atoms with Crippen LogP contribution >= 0.6 is 0 Å². The zero-order valence-electron chi connectivity index (χ0n) is 14.8. The maximum absolute atomic E-state index is 13.4. The normalized spacial score (nSPS) is 20.2. The minimum absolute atomic E-state index is 0.0377. The maximum Gasteiger partial charge on any atom is 0.290 e. The number of methoxy groups -OCH3 is 2. The van der Waals surface area contributed by atoms with Crippen molar-refractivity contribution in [1.29, 1.82) is 0 Å². The highest BCUT2D eigenvalue weighted by Crippen LogP contribution is 2.35. The molecule has 7 heteroatoms. The highest BCUT2D eigenvalue weighted by Gasteiger charge is 2.40. The monoisotopic (exact) mass is 355 g/mol. The molecule has 1 fully saturated rings. The molecule has 0 bridgehead atoms. The summed E-state index contributed by atoms with van der Waals surface area (Å²) in [5.41, 5.74) is 1.45. The first-order valence-electron chi connectivity index (χ1n) is 8.55. The Morgan fingerprint density at radius 2 is 2.23 bits per heavy atom. The van der Waals surface area contributed by atoms with Crippen molar-refractivity contribution in [1.82, 2.24) is 14.9 Å². The number of rotatable bonds is 5. The lowest BCUT2D eigenvalue weighted by Gasteiger charge is -2.22. The Hall–Kier alpha value is -2.64. The van der Waals surface area contributed by atoms with Gasteiger partial charge in [-0.25, -0.2) is 4.98 Å². The molecule has 4 rings (SSSR count). The molecule has 0 aliphatic carbocycles. The first kappa shape index (κ1) is 16.8. The van der Waals surface area contributed by atoms with E-state index in [-0.39, 0.29) is 18.1 Å². The highest BCUT2D eigenvalue weighted by atomic mass is 16.5. The molecule has 1 saturated heterocycles. The van der Waals surface area contributed by atoms with E-state index < -0.39 is 0 Å². The number of fused-ring (bicyclic) bond motifs is 1. The lowest BCUT2D eigenvalue weighted by molar-refractivity contribution is 0.0651. The van der Waals surface area contributed by atoms with Crippen LogP contribution in [0.5, 0.6) is 0 Å². The topological polar surface area (TPSA) is 80.6 Å². The summed E-state index contributed by atoms with van der Waals surface area (Å²) >= 11 is 0. The first-order chi connectivity index (χ1) is 12.7. The number of carbonyl (C=O) groups is 1. The lowest BCUT2D eigenvalue weighted by atomic mass is 10.1. The number of amides is 1. The molecule has 3 aromatic rings. The van der Waals surface area contributed by atoms with Crippen molar-refractivity contribution in [2.75, 3.05) is 20.8 Å². The summed E-state index contributed by atoms with van der Waals surface area (Å²) in [7, 11) is 3.27. The fourth-order valence-electron chi connectivity index (χ4n) is 3.60. The summed E-state index contributed by atoms with van der Waals surface area (Å²) in [6.07, 6.45) is 4.10. The van der Waals surface area contributed by atoms with Gasteiger partial charge in [0.1, 0.15) is 11.4 Å². The highest BCUT2D eigenvalue weighted by molar-refractivity contribution is 5.99. The predicted molar refractivity (Wildman–Crippen MR) is 94.7 cm³/mol. The third-order valence-corrected chi connectivity index (χ3v) is 4.87. The van der Waals surface area contributed by atoms with E-state index in [0.29, 0.717) is 30.9 Å². The van der Waals surface area contributed by atoms with E-state index in [4.69, 9.17) is 13.9 Å². The number of nitrogens with zero attached hydrogens (tertiary/aromatic N) is 2. The van der Waals surface area contributed by atoms with Gasteiger partial charge in [0.2, 0.25) is 0 Å². The number of para-hydroxylation sites is 1. The van der Waals surface area contributed by atoms with Gasteiger partial charge in [-0.05, 0) is 6.07 Å². The minimum atomic E-state index is -0.175. The van der Waals surface area contributed by atoms with E-state index in [2.05, 4.69) is 9.97 Å². The van der Waals surface area contributed by atoms with Gasteiger partial charge < -0.3 is 23.8 Å². The van der Waals surface area contributed by atoms with Gasteiger partial charge in [-0.3, -0.25) is 4.79 Å². The van der Waals surface area contributed by atoms with Crippen LogP contribution < -0.4 is 0 Å². The van der Waals surface area contributed by atoms with Gasteiger partial charge in [-0.15, -0.1) is 0 Å². The largest absolute Gasteiger partial charge is 0.451 e. The van der Waals surface area contributed by atoms with E-state index >= 15 is 0 Å². The molecule has 2 atom stereocenters. The van der Waals surface area contributed by atoms with Gasteiger partial charge in [-0.2, -0.15) is 0 Å². The standard InChI is InChI=1S/C19H21N3O4/c1-24-11-14-13-5-3-4-6-16(13)26-17(14)19(23)22-10-12(25-2)9-15(22)18-20-7-8-21-18/h3-8,12,15H,9-11H2,1-2H3,(H,20,21)/t12-,15+/m1/s1. The molecule has 1 aromatic carbocycles. The maximum atomic E-state index is 13.4. The molecule has 1 aliphatic rings. The van der Waals surface area contributed by atoms with Crippen LogP contribution in [0.3, 0.4) is 0 Å². The number of aromatic amines is 1. The van der Waals surface area contributed by atoms with Crippen LogP contribution in [0, 0.1) is 0 Å². The fraction of sp³-hybridized carbons (Fsp3) is 0.368. The Morgan fingerprint density at radius 1 is 1.38 bits per heavy atom. The zero-order valence-corrected chi connectivity index (χ0v) is 14.8. The van der Waals surface area contributed by atoms with Crippen molar-refractivity contribution >= 4 is 16.9 Å². The average molecular weight is 355 g/mol. The quantitative estimate of drug-likeness (QED) is 0.761. The molecule has 3 heterocycles. The molecular formula is C19H21N3O4. The molecule has 2 aromatic heterocycles. The number of ether oxygens (including phenoxy) is 2. The van der Waals surface area contributed by atoms with E-state index in [1.54, 1.807) is 31.5 Å². The van der Waals surface area contributed by atoms with Gasteiger partial charge in [0.15, 0.2) is 5.76 Å². The van der Waals surface area contributed by atoms with E-state index in [9.17, 15) is 4.79 Å². The van der Waals surface area contributed by atoms with Crippen LogP contribution in [0.15, 0.2) is 41.1 Å². The molecule has 0 saturated carbocycles. The van der Waals surface area contributed by atoms with Crippen molar-refractivity contribution in [2.24, 2.45) is 0 Å². The molecule has 0 unspecified atom stereocenters. The number of hydrogen-bond acceptors (Lipinski definition) is 5. The number of H-pyrrole nitrogens is 1. The van der Waals surface area contributed by atoms with E-state index in [1.807, 2.05) is 24.3 Å². The zero-order chi connectivity index (χ0) is 18.1. The third kappa shape index (κ3) is 2.79. The molecule has 26 heavy (non-hydrogen) atoms. The van der Waals surface area contributed by atoms with Gasteiger partial charge in [0.05, 0.1) is 18.8 Å². The molecule has 0 radical (unpaired) electrons. The number of carbonyl (C=O) groups excluding carboxylic acids is 1. The van der Waals surface area contributed by atoms with Crippen molar-refractivity contribution < 1.29 is 18.7 Å². The molecule has 1 N–H and O–H groups in total. The summed E-state index contributed by atoms with van der Waals surface area (Å²) in [5, 5.41) is 0.898. The van der Waals surface area contributed by atoms with Crippen molar-refractivity contribution in [3.05, 3.63) is 53.8 Å². The predicted octanol–water partition coefficient (Wildman–Crippen LogP) is 2.90. The summed E-state index contributed by atoms with van der Waals surface area (Å²) < 4.78 is 16.7. The third-order valence-electron chi connectivity index (χ3n) is 4.87. The number of imidazole rings is 1. The number of likely N-dealkylation sites (tertiary alicyclic amines) is 1. The van der Waals surface area contributed by atoms with Crippen LogP contribution in [0.2, 0.25) is 0 Å². The van der Waals surface area contributed by atoms with Crippen LogP contribution in [0.25, 0.3) is 11.0 Å². The number of furan rings is 1. The summed E-state index contributed by atoms with van der Waals surface area (Å²) in [4.78, 5) is 22.6. The van der Waals surface area contributed by atoms with E-state index in [0.717, 1.165) is 16.8 Å². The van der Waals surface area contributed by atoms with Gasteiger partial charge in [0.25, 0.3) is 5.91 Å². The van der Waals surface area contributed by atoms with Crippen molar-refractivity contribution in [2.45, 2.75) is 25.2 Å². The Labute approximate surface area is 150 Å². The van der Waals surface area contributed by atoms with Gasteiger partial charge in [-0.1, -0.05) is 18.2 Å². The van der Waals surface area contributed by atoms with Crippen LogP contribution in [-0.2, 0) is 16.1 Å². The second-order valence-corrected chi connectivity index (χ2v) is 6.38. The molecule has 1 aliphatic heterocycles. The SMILES string of the molecule is COCc1c(C(=O)N2C[C@H](OC)C[C@H]2c2ncc[nH]2)oc2ccccc12. The Kier molecular flexibility index (Phi) is 4.48. The summed E-state index contributed by atoms with van der Waals surface area (Å²) in [6, 6.07) is 7.44. The average Bonchev–Trinajstić information content (AvgIpc) is 3.39. The first-order valence-corrected chi connectivity index (χ1v) is 8.55. The van der Waals surface area contributed by atoms with Crippen LogP contribution in [0.1, 0.15) is 34.4 Å². The fourth-order valence-corrected chi connectivity index (χ4v) is 3.60. The van der Waals surface area contributed by atoms with Crippen LogP contribution in [-0.4, -0.2) is 47.6 Å². The summed E-state index contributed by atoms with van der Waals surface area (Å²) in [6.45, 7) is 0.801. The number of nitrogens with one attached hydrogen (secondary N) is 1. The second kappa shape index (κ2) is 6.93. The van der Waals surface area contributed by atoms with Crippen LogP contribution in [0.4, 0.5) is 0 Å². The second-order valence-electron chi connectivity index (χ2n) is 6.38. The molecule has 136 valence electrons. The van der Waals surface area contributed by atoms with Crippen molar-refractivity contribution in [3.8, 4) is 0 Å². The molecule has 0 spiro atoms. The van der Waals surface area contributed by atoms with E-state index in [1.165, 1.54) is 0 Å². The van der Waals surface area contributed by atoms with Crippen molar-refractivity contribution in [3.63, 3.8) is 0 Å². The minimum Gasteiger partial charge on any atom is -0.451 e. The number of aromatic nitrogens is 2. The Morgan fingerprint density at radius 3 is 2.96 bits per heavy atom. The van der Waals surface area contributed by atoms with Gasteiger partial charge >= 0.3 is 0 Å². The molecule has 7 nitrogen and oxygen atoms in total.